The Morgan fingerprint density at radius 2 is 1.83 bits per heavy atom. The van der Waals surface area contributed by atoms with Crippen LogP contribution in [0.25, 0.3) is 0 Å². The highest BCUT2D eigenvalue weighted by molar-refractivity contribution is 5.66. The molecule has 0 heterocycles. The maximum Gasteiger partial charge on any atom is 0.307 e. The molecule has 0 saturated carbocycles. The molecule has 98 valence electrons. The van der Waals surface area contributed by atoms with Gasteiger partial charge in [-0.05, 0) is 36.6 Å². The molecule has 0 aromatic heterocycles. The minimum absolute atomic E-state index is 0.318. The van der Waals surface area contributed by atoms with Crippen LogP contribution >= 0.6 is 0 Å². The fraction of sp³-hybridized carbons (Fsp3) is 0.357. The van der Waals surface area contributed by atoms with Crippen molar-refractivity contribution in [3.63, 3.8) is 0 Å². The van der Waals surface area contributed by atoms with Crippen molar-refractivity contribution in [2.75, 3.05) is 14.2 Å². The molecular weight excluding hydrogens is 232 g/mol. The topological polar surface area (TPSA) is 44.8 Å². The van der Waals surface area contributed by atoms with E-state index in [2.05, 4.69) is 0 Å². The molecule has 0 fully saturated rings. The highest BCUT2D eigenvalue weighted by Gasteiger charge is 2.05. The van der Waals surface area contributed by atoms with E-state index in [1.54, 1.807) is 14.2 Å². The summed E-state index contributed by atoms with van der Waals surface area (Å²) in [6.45, 7) is 3.28. The lowest BCUT2D eigenvalue weighted by molar-refractivity contribution is -0.135. The molecule has 0 bridgehead atoms. The van der Waals surface area contributed by atoms with Crippen LogP contribution in [0.15, 0.2) is 30.0 Å². The molecule has 0 aliphatic carbocycles. The van der Waals surface area contributed by atoms with Gasteiger partial charge in [-0.15, -0.1) is 0 Å². The van der Waals surface area contributed by atoms with Crippen LogP contribution in [0.3, 0.4) is 0 Å². The van der Waals surface area contributed by atoms with Crippen LogP contribution in [-0.4, -0.2) is 20.2 Å². The Kier molecular flexibility index (Phi) is 5.24. The number of esters is 1. The summed E-state index contributed by atoms with van der Waals surface area (Å²) in [7, 11) is 3.20. The fourth-order valence-electron chi connectivity index (χ4n) is 1.54. The molecule has 0 radical (unpaired) electrons. The number of ether oxygens (including phenoxy) is 3. The van der Waals surface area contributed by atoms with Gasteiger partial charge in [-0.2, -0.15) is 0 Å². The van der Waals surface area contributed by atoms with Crippen molar-refractivity contribution in [1.82, 2.24) is 0 Å². The normalized spacial score (nSPS) is 11.0. The zero-order valence-corrected chi connectivity index (χ0v) is 11.1. The average Bonchev–Trinajstić information content (AvgIpc) is 2.36. The van der Waals surface area contributed by atoms with Crippen molar-refractivity contribution in [2.24, 2.45) is 0 Å². The van der Waals surface area contributed by atoms with Gasteiger partial charge in [0, 0.05) is 6.92 Å². The van der Waals surface area contributed by atoms with Crippen molar-refractivity contribution < 1.29 is 19.0 Å². The van der Waals surface area contributed by atoms with Gasteiger partial charge in [-0.1, -0.05) is 6.07 Å². The number of benzene rings is 1. The van der Waals surface area contributed by atoms with Gasteiger partial charge in [-0.25, -0.2) is 0 Å². The van der Waals surface area contributed by atoms with E-state index in [1.807, 2.05) is 25.1 Å². The van der Waals surface area contributed by atoms with Crippen LogP contribution < -0.4 is 9.47 Å². The summed E-state index contributed by atoms with van der Waals surface area (Å²) in [5.74, 6) is 1.07. The van der Waals surface area contributed by atoms with Crippen molar-refractivity contribution in [3.05, 3.63) is 35.6 Å². The van der Waals surface area contributed by atoms with Gasteiger partial charge in [-0.3, -0.25) is 4.79 Å². The third-order valence-corrected chi connectivity index (χ3v) is 2.36. The average molecular weight is 250 g/mol. The lowest BCUT2D eigenvalue weighted by atomic mass is 10.1. The molecule has 0 amide bonds. The van der Waals surface area contributed by atoms with Gasteiger partial charge >= 0.3 is 5.97 Å². The number of allylic oxidation sites excluding steroid dienone is 1. The number of rotatable bonds is 5. The van der Waals surface area contributed by atoms with E-state index in [9.17, 15) is 4.79 Å². The van der Waals surface area contributed by atoms with E-state index in [4.69, 9.17) is 14.2 Å². The number of hydrogen-bond acceptors (Lipinski definition) is 4. The van der Waals surface area contributed by atoms with E-state index >= 15 is 0 Å². The van der Waals surface area contributed by atoms with Crippen LogP contribution in [0.1, 0.15) is 19.4 Å². The van der Waals surface area contributed by atoms with Crippen molar-refractivity contribution in [1.29, 1.82) is 0 Å². The maximum atomic E-state index is 10.7. The lowest BCUT2D eigenvalue weighted by Gasteiger charge is -2.09. The standard InChI is InChI=1S/C14H18O4/c1-10(9-18-11(2)15)7-12-5-6-13(16-3)14(8-12)17-4/h5-6,8-9H,7H2,1-4H3/b10-9-. The molecule has 0 saturated heterocycles. The summed E-state index contributed by atoms with van der Waals surface area (Å²) >= 11 is 0. The first kappa shape index (κ1) is 14.1. The zero-order chi connectivity index (χ0) is 13.5. The van der Waals surface area contributed by atoms with Crippen molar-refractivity contribution >= 4 is 5.97 Å². The summed E-state index contributed by atoms with van der Waals surface area (Å²) in [4.78, 5) is 10.7. The molecule has 1 aromatic rings. The molecule has 0 unspecified atom stereocenters. The number of methoxy groups -OCH3 is 2. The van der Waals surface area contributed by atoms with E-state index in [1.165, 1.54) is 13.2 Å². The largest absolute Gasteiger partial charge is 0.493 e. The van der Waals surface area contributed by atoms with Crippen LogP contribution in [0.5, 0.6) is 11.5 Å². The van der Waals surface area contributed by atoms with Crippen molar-refractivity contribution in [2.45, 2.75) is 20.3 Å². The van der Waals surface area contributed by atoms with Gasteiger partial charge < -0.3 is 14.2 Å². The predicted molar refractivity (Wildman–Crippen MR) is 68.8 cm³/mol. The van der Waals surface area contributed by atoms with E-state index in [0.29, 0.717) is 17.9 Å². The van der Waals surface area contributed by atoms with Crippen LogP contribution in [0, 0.1) is 0 Å². The monoisotopic (exact) mass is 250 g/mol. The van der Waals surface area contributed by atoms with Crippen LogP contribution in [0.2, 0.25) is 0 Å². The zero-order valence-electron chi connectivity index (χ0n) is 11.1. The summed E-state index contributed by atoms with van der Waals surface area (Å²) < 4.78 is 15.2. The Bertz CT molecular complexity index is 449. The third kappa shape index (κ3) is 4.13. The minimum Gasteiger partial charge on any atom is -0.493 e. The Hall–Kier alpha value is -1.97. The van der Waals surface area contributed by atoms with Crippen LogP contribution in [0.4, 0.5) is 0 Å². The third-order valence-electron chi connectivity index (χ3n) is 2.36. The molecule has 0 N–H and O–H groups in total. The van der Waals surface area contributed by atoms with Gasteiger partial charge in [0.25, 0.3) is 0 Å². The molecule has 18 heavy (non-hydrogen) atoms. The Labute approximate surface area is 107 Å². The summed E-state index contributed by atoms with van der Waals surface area (Å²) in [5.41, 5.74) is 2.02. The first-order valence-corrected chi connectivity index (χ1v) is 5.60. The Morgan fingerprint density at radius 3 is 2.39 bits per heavy atom. The van der Waals surface area contributed by atoms with Gasteiger partial charge in [0.2, 0.25) is 0 Å². The SMILES string of the molecule is COc1ccc(C/C(C)=C\OC(C)=O)cc1OC. The molecule has 0 aliphatic rings. The van der Waals surface area contributed by atoms with Crippen molar-refractivity contribution in [3.8, 4) is 11.5 Å². The number of carbonyl (C=O) groups excluding carboxylic acids is 1. The maximum absolute atomic E-state index is 10.7. The summed E-state index contributed by atoms with van der Waals surface area (Å²) in [6, 6.07) is 5.71. The molecule has 0 atom stereocenters. The second-order valence-electron chi connectivity index (χ2n) is 3.94. The number of carbonyl (C=O) groups is 1. The first-order valence-electron chi connectivity index (χ1n) is 5.60. The highest BCUT2D eigenvalue weighted by atomic mass is 16.5. The highest BCUT2D eigenvalue weighted by Crippen LogP contribution is 2.28. The molecule has 1 aromatic carbocycles. The second kappa shape index (κ2) is 6.69. The predicted octanol–water partition coefficient (Wildman–Crippen LogP) is 2.71. The second-order valence-corrected chi connectivity index (χ2v) is 3.94. The number of hydrogen-bond donors (Lipinski definition) is 0. The van der Waals surface area contributed by atoms with E-state index in [-0.39, 0.29) is 5.97 Å². The molecule has 1 rings (SSSR count). The smallest absolute Gasteiger partial charge is 0.307 e. The lowest BCUT2D eigenvalue weighted by Crippen LogP contribution is -1.95. The summed E-state index contributed by atoms with van der Waals surface area (Å²) in [5, 5.41) is 0. The van der Waals surface area contributed by atoms with Gasteiger partial charge in [0.1, 0.15) is 0 Å². The molecular formula is C14H18O4. The van der Waals surface area contributed by atoms with E-state index < -0.39 is 0 Å². The van der Waals surface area contributed by atoms with E-state index in [0.717, 1.165) is 11.1 Å². The van der Waals surface area contributed by atoms with Gasteiger partial charge in [0.05, 0.1) is 20.5 Å². The molecule has 0 aliphatic heterocycles. The quantitative estimate of drug-likeness (QED) is 0.595. The fourth-order valence-corrected chi connectivity index (χ4v) is 1.54. The minimum atomic E-state index is -0.318. The van der Waals surface area contributed by atoms with Crippen LogP contribution in [-0.2, 0) is 16.0 Å². The molecule has 0 spiro atoms. The first-order chi connectivity index (χ1) is 8.56. The molecule has 4 nitrogen and oxygen atoms in total. The van der Waals surface area contributed by atoms with Gasteiger partial charge in [0.15, 0.2) is 11.5 Å². The Morgan fingerprint density at radius 1 is 1.17 bits per heavy atom. The summed E-state index contributed by atoms with van der Waals surface area (Å²) in [6.07, 6.45) is 2.16. The molecule has 4 heteroatoms. The Balaban J connectivity index is 2.79.